The first-order valence-electron chi connectivity index (χ1n) is 9.43. The van der Waals surface area contributed by atoms with Crippen molar-refractivity contribution in [3.05, 3.63) is 76.3 Å². The van der Waals surface area contributed by atoms with Crippen molar-refractivity contribution in [2.75, 3.05) is 6.54 Å². The normalized spacial score (nSPS) is 16.9. The van der Waals surface area contributed by atoms with Gasteiger partial charge in [-0.1, -0.05) is 58.7 Å². The molecule has 1 aliphatic rings. The largest absolute Gasteiger partial charge is 0.351 e. The standard InChI is InChI=1S/C22H21ClN4OS/c1-4-27-14(3)18(19(24-22(27)29)15-10-8-13(2)9-11-15)21-25-20(26-28-21)16-6-5-7-17(23)12-16/h5-12,19H,4H2,1-3H3,(H,24,29). The Kier molecular flexibility index (Phi) is 5.39. The van der Waals surface area contributed by atoms with Crippen LogP contribution >= 0.6 is 23.8 Å². The van der Waals surface area contributed by atoms with Gasteiger partial charge in [0.05, 0.1) is 11.6 Å². The summed E-state index contributed by atoms with van der Waals surface area (Å²) >= 11 is 11.7. The third-order valence-electron chi connectivity index (χ3n) is 5.06. The zero-order valence-electron chi connectivity index (χ0n) is 16.4. The highest BCUT2D eigenvalue weighted by Crippen LogP contribution is 2.37. The van der Waals surface area contributed by atoms with Crippen LogP contribution < -0.4 is 5.32 Å². The summed E-state index contributed by atoms with van der Waals surface area (Å²) in [4.78, 5) is 6.72. The first-order chi connectivity index (χ1) is 14.0. The molecule has 0 bridgehead atoms. The number of nitrogens with zero attached hydrogens (tertiary/aromatic N) is 3. The van der Waals surface area contributed by atoms with Crippen LogP contribution in [0.1, 0.15) is 36.9 Å². The first-order valence-corrected chi connectivity index (χ1v) is 10.2. The highest BCUT2D eigenvalue weighted by atomic mass is 35.5. The van der Waals surface area contributed by atoms with Crippen LogP contribution in [0.3, 0.4) is 0 Å². The minimum Gasteiger partial charge on any atom is -0.351 e. The van der Waals surface area contributed by atoms with E-state index in [0.29, 0.717) is 21.9 Å². The van der Waals surface area contributed by atoms with Crippen LogP contribution in [0.5, 0.6) is 0 Å². The molecule has 0 aliphatic carbocycles. The number of halogens is 1. The second-order valence-electron chi connectivity index (χ2n) is 6.97. The van der Waals surface area contributed by atoms with Crippen molar-refractivity contribution in [3.63, 3.8) is 0 Å². The molecule has 0 amide bonds. The number of rotatable bonds is 4. The maximum Gasteiger partial charge on any atom is 0.258 e. The minimum atomic E-state index is -0.168. The summed E-state index contributed by atoms with van der Waals surface area (Å²) in [6.07, 6.45) is 0. The van der Waals surface area contributed by atoms with E-state index in [4.69, 9.17) is 28.3 Å². The third-order valence-corrected chi connectivity index (χ3v) is 5.64. The van der Waals surface area contributed by atoms with Crippen LogP contribution in [0.4, 0.5) is 0 Å². The number of nitrogens with one attached hydrogen (secondary N) is 1. The summed E-state index contributed by atoms with van der Waals surface area (Å²) in [6, 6.07) is 15.6. The molecule has 7 heteroatoms. The van der Waals surface area contributed by atoms with Crippen molar-refractivity contribution in [2.24, 2.45) is 0 Å². The Bertz CT molecular complexity index is 1090. The van der Waals surface area contributed by atoms with E-state index in [2.05, 4.69) is 53.6 Å². The van der Waals surface area contributed by atoms with E-state index in [1.165, 1.54) is 5.56 Å². The molecular weight excluding hydrogens is 404 g/mol. The van der Waals surface area contributed by atoms with Gasteiger partial charge < -0.3 is 14.7 Å². The van der Waals surface area contributed by atoms with Gasteiger partial charge >= 0.3 is 0 Å². The Balaban J connectivity index is 1.81. The van der Waals surface area contributed by atoms with Gasteiger partial charge in [-0.15, -0.1) is 0 Å². The second kappa shape index (κ2) is 7.97. The SMILES string of the molecule is CCN1C(=S)NC(c2ccc(C)cc2)C(c2nc(-c3cccc(Cl)c3)no2)=C1C. The van der Waals surface area contributed by atoms with E-state index < -0.39 is 0 Å². The smallest absolute Gasteiger partial charge is 0.258 e. The minimum absolute atomic E-state index is 0.168. The van der Waals surface area contributed by atoms with Crippen LogP contribution in [0.25, 0.3) is 17.0 Å². The number of benzene rings is 2. The molecule has 5 nitrogen and oxygen atoms in total. The summed E-state index contributed by atoms with van der Waals surface area (Å²) < 4.78 is 5.70. The van der Waals surface area contributed by atoms with Crippen molar-refractivity contribution >= 4 is 34.5 Å². The summed E-state index contributed by atoms with van der Waals surface area (Å²) in [5, 5.41) is 8.95. The summed E-state index contributed by atoms with van der Waals surface area (Å²) in [6.45, 7) is 6.92. The third kappa shape index (κ3) is 3.78. The topological polar surface area (TPSA) is 54.2 Å². The molecule has 1 aliphatic heterocycles. The van der Waals surface area contributed by atoms with E-state index in [0.717, 1.165) is 28.9 Å². The Labute approximate surface area is 180 Å². The average Bonchev–Trinajstić information content (AvgIpc) is 3.18. The van der Waals surface area contributed by atoms with Crippen molar-refractivity contribution in [1.82, 2.24) is 20.4 Å². The van der Waals surface area contributed by atoms with E-state index in [1.54, 1.807) is 0 Å². The van der Waals surface area contributed by atoms with Crippen LogP contribution in [0.15, 0.2) is 58.8 Å². The molecule has 1 N–H and O–H groups in total. The molecule has 2 heterocycles. The Hall–Kier alpha value is -2.70. The molecule has 0 spiro atoms. The quantitative estimate of drug-likeness (QED) is 0.567. The molecule has 0 saturated heterocycles. The van der Waals surface area contributed by atoms with Gasteiger partial charge in [0.2, 0.25) is 5.82 Å². The molecule has 1 atom stereocenters. The molecule has 148 valence electrons. The van der Waals surface area contributed by atoms with Crippen LogP contribution in [-0.2, 0) is 0 Å². The Morgan fingerprint density at radius 2 is 1.93 bits per heavy atom. The Morgan fingerprint density at radius 1 is 1.17 bits per heavy atom. The molecule has 1 aromatic heterocycles. The molecule has 0 saturated carbocycles. The molecule has 1 unspecified atom stereocenters. The molecule has 2 aromatic carbocycles. The highest BCUT2D eigenvalue weighted by Gasteiger charge is 2.33. The lowest BCUT2D eigenvalue weighted by Crippen LogP contribution is -2.45. The first kappa shape index (κ1) is 19.6. The van der Waals surface area contributed by atoms with Gasteiger partial charge in [-0.05, 0) is 50.7 Å². The fourth-order valence-corrected chi connectivity index (χ4v) is 4.10. The highest BCUT2D eigenvalue weighted by molar-refractivity contribution is 7.80. The number of allylic oxidation sites excluding steroid dienone is 1. The summed E-state index contributed by atoms with van der Waals surface area (Å²) in [7, 11) is 0. The molecule has 0 fully saturated rings. The van der Waals surface area contributed by atoms with Crippen molar-refractivity contribution < 1.29 is 4.52 Å². The monoisotopic (exact) mass is 424 g/mol. The van der Waals surface area contributed by atoms with E-state index in [1.807, 2.05) is 36.1 Å². The number of hydrogen-bond donors (Lipinski definition) is 1. The van der Waals surface area contributed by atoms with Gasteiger partial charge in [0.25, 0.3) is 5.89 Å². The van der Waals surface area contributed by atoms with Gasteiger partial charge in [0, 0.05) is 22.8 Å². The number of aryl methyl sites for hydroxylation is 1. The zero-order valence-corrected chi connectivity index (χ0v) is 18.0. The van der Waals surface area contributed by atoms with Crippen LogP contribution in [0.2, 0.25) is 5.02 Å². The number of thiocarbonyl (C=S) groups is 1. The molecular formula is C22H21ClN4OS. The molecule has 3 aromatic rings. The lowest BCUT2D eigenvalue weighted by molar-refractivity contribution is 0.398. The lowest BCUT2D eigenvalue weighted by Gasteiger charge is -2.36. The maximum atomic E-state index is 6.12. The van der Waals surface area contributed by atoms with E-state index in [9.17, 15) is 0 Å². The molecule has 0 radical (unpaired) electrons. The zero-order chi connectivity index (χ0) is 20.5. The van der Waals surface area contributed by atoms with Gasteiger partial charge in [0.15, 0.2) is 5.11 Å². The Morgan fingerprint density at radius 3 is 2.62 bits per heavy atom. The van der Waals surface area contributed by atoms with Crippen molar-refractivity contribution in [2.45, 2.75) is 26.8 Å². The summed E-state index contributed by atoms with van der Waals surface area (Å²) in [5.74, 6) is 0.971. The van der Waals surface area contributed by atoms with E-state index in [-0.39, 0.29) is 6.04 Å². The average molecular weight is 425 g/mol. The van der Waals surface area contributed by atoms with Gasteiger partial charge in [0.1, 0.15) is 0 Å². The maximum absolute atomic E-state index is 6.12. The van der Waals surface area contributed by atoms with Crippen LogP contribution in [0, 0.1) is 6.92 Å². The molecule has 29 heavy (non-hydrogen) atoms. The fraction of sp³-hybridized carbons (Fsp3) is 0.227. The van der Waals surface area contributed by atoms with Gasteiger partial charge in [-0.2, -0.15) is 4.98 Å². The molecule has 4 rings (SSSR count). The predicted octanol–water partition coefficient (Wildman–Crippen LogP) is 5.38. The predicted molar refractivity (Wildman–Crippen MR) is 119 cm³/mol. The van der Waals surface area contributed by atoms with E-state index >= 15 is 0 Å². The van der Waals surface area contributed by atoms with Crippen molar-refractivity contribution in [3.8, 4) is 11.4 Å². The van der Waals surface area contributed by atoms with Gasteiger partial charge in [-0.3, -0.25) is 0 Å². The lowest BCUT2D eigenvalue weighted by atomic mass is 9.94. The summed E-state index contributed by atoms with van der Waals surface area (Å²) in [5.41, 5.74) is 5.02. The van der Waals surface area contributed by atoms with Gasteiger partial charge in [-0.25, -0.2) is 0 Å². The number of hydrogen-bond acceptors (Lipinski definition) is 4. The number of aromatic nitrogens is 2. The van der Waals surface area contributed by atoms with Crippen molar-refractivity contribution in [1.29, 1.82) is 0 Å². The fourth-order valence-electron chi connectivity index (χ4n) is 3.53. The second-order valence-corrected chi connectivity index (χ2v) is 7.79. The van der Waals surface area contributed by atoms with Crippen LogP contribution in [-0.4, -0.2) is 26.7 Å².